The number of rotatable bonds is 3. The quantitative estimate of drug-likeness (QED) is 0.834. The van der Waals surface area contributed by atoms with E-state index in [0.29, 0.717) is 17.3 Å². The lowest BCUT2D eigenvalue weighted by molar-refractivity contribution is -0.118. The molecule has 0 saturated carbocycles. The van der Waals surface area contributed by atoms with Crippen LogP contribution >= 0.6 is 7.14 Å². The third-order valence-electron chi connectivity index (χ3n) is 4.69. The summed E-state index contributed by atoms with van der Waals surface area (Å²) in [7, 11) is -2.69. The van der Waals surface area contributed by atoms with Gasteiger partial charge in [0.25, 0.3) is 0 Å². The van der Waals surface area contributed by atoms with Gasteiger partial charge in [-0.1, -0.05) is 24.3 Å². The topological polar surface area (TPSA) is 63.4 Å². The fourth-order valence-electron chi connectivity index (χ4n) is 3.43. The molecule has 1 amide bonds. The van der Waals surface area contributed by atoms with Crippen LogP contribution in [-0.4, -0.2) is 31.3 Å². The standard InChI is InChI=1S/C19H21F2N2O2P/c1-11-10-14(22)19(24)23(11)15-9-8-13(17(20)18(15)21)12-6-4-5-7-16(12)26(2,3)25/h4-9,11,14H,10,22H2,1-3H3. The number of halogens is 2. The van der Waals surface area contributed by atoms with Crippen LogP contribution in [0.1, 0.15) is 13.3 Å². The van der Waals surface area contributed by atoms with Gasteiger partial charge in [-0.15, -0.1) is 0 Å². The molecule has 26 heavy (non-hydrogen) atoms. The summed E-state index contributed by atoms with van der Waals surface area (Å²) in [6.07, 6.45) is 0.388. The molecule has 1 fully saturated rings. The Hall–Kier alpha value is -2.04. The van der Waals surface area contributed by atoms with Crippen molar-refractivity contribution in [1.82, 2.24) is 0 Å². The first kappa shape index (κ1) is 18.7. The van der Waals surface area contributed by atoms with E-state index < -0.39 is 30.7 Å². The van der Waals surface area contributed by atoms with Crippen molar-refractivity contribution in [3.63, 3.8) is 0 Å². The molecule has 7 heteroatoms. The highest BCUT2D eigenvalue weighted by atomic mass is 31.2. The van der Waals surface area contributed by atoms with Crippen molar-refractivity contribution in [1.29, 1.82) is 0 Å². The van der Waals surface area contributed by atoms with Gasteiger partial charge in [-0.05, 0) is 44.4 Å². The molecule has 0 spiro atoms. The maximum Gasteiger partial charge on any atom is 0.244 e. The van der Waals surface area contributed by atoms with E-state index in [1.165, 1.54) is 17.0 Å². The van der Waals surface area contributed by atoms with Crippen LogP contribution in [-0.2, 0) is 9.36 Å². The van der Waals surface area contributed by atoms with Gasteiger partial charge in [0.2, 0.25) is 5.91 Å². The Balaban J connectivity index is 2.14. The van der Waals surface area contributed by atoms with Crippen LogP contribution in [0.25, 0.3) is 11.1 Å². The number of anilines is 1. The fourth-order valence-corrected chi connectivity index (χ4v) is 4.65. The van der Waals surface area contributed by atoms with E-state index in [1.54, 1.807) is 44.5 Å². The Morgan fingerprint density at radius 1 is 1.08 bits per heavy atom. The first-order valence-electron chi connectivity index (χ1n) is 8.34. The highest BCUT2D eigenvalue weighted by Gasteiger charge is 2.37. The molecule has 2 unspecified atom stereocenters. The van der Waals surface area contributed by atoms with Crippen LogP contribution in [0.5, 0.6) is 0 Å². The summed E-state index contributed by atoms with van der Waals surface area (Å²) in [4.78, 5) is 13.4. The zero-order valence-electron chi connectivity index (χ0n) is 14.9. The second-order valence-corrected chi connectivity index (χ2v) is 10.2. The number of amides is 1. The molecule has 2 aromatic carbocycles. The van der Waals surface area contributed by atoms with Crippen LogP contribution < -0.4 is 15.9 Å². The second-order valence-electron chi connectivity index (χ2n) is 7.03. The monoisotopic (exact) mass is 378 g/mol. The zero-order valence-corrected chi connectivity index (χ0v) is 15.8. The fraction of sp³-hybridized carbons (Fsp3) is 0.316. The number of nitrogens with zero attached hydrogens (tertiary/aromatic N) is 1. The van der Waals surface area contributed by atoms with Gasteiger partial charge in [0.15, 0.2) is 11.6 Å². The molecule has 0 bridgehead atoms. The van der Waals surface area contributed by atoms with Gasteiger partial charge in [0, 0.05) is 16.9 Å². The number of benzene rings is 2. The number of hydrogen-bond donors (Lipinski definition) is 1. The highest BCUT2D eigenvalue weighted by molar-refractivity contribution is 7.70. The Morgan fingerprint density at radius 3 is 2.31 bits per heavy atom. The summed E-state index contributed by atoms with van der Waals surface area (Å²) in [5.41, 5.74) is 6.03. The lowest BCUT2D eigenvalue weighted by Crippen LogP contribution is -2.36. The van der Waals surface area contributed by atoms with Crippen molar-refractivity contribution in [3.05, 3.63) is 48.0 Å². The lowest BCUT2D eigenvalue weighted by Gasteiger charge is -2.23. The molecule has 1 saturated heterocycles. The molecular formula is C19H21F2N2O2P. The zero-order chi connectivity index (χ0) is 19.2. The molecule has 138 valence electrons. The van der Waals surface area contributed by atoms with E-state index in [1.807, 2.05) is 0 Å². The second kappa shape index (κ2) is 6.60. The normalized spacial score (nSPS) is 20.7. The molecule has 4 nitrogen and oxygen atoms in total. The van der Waals surface area contributed by atoms with E-state index in [4.69, 9.17) is 5.73 Å². The van der Waals surface area contributed by atoms with Crippen LogP contribution in [0.4, 0.5) is 14.5 Å². The SMILES string of the molecule is CC1CC(N)C(=O)N1c1ccc(-c2ccccc2P(C)(C)=O)c(F)c1F. The van der Waals surface area contributed by atoms with Crippen molar-refractivity contribution in [2.45, 2.75) is 25.4 Å². The van der Waals surface area contributed by atoms with E-state index in [0.717, 1.165) is 0 Å². The summed E-state index contributed by atoms with van der Waals surface area (Å²) in [6, 6.07) is 8.46. The van der Waals surface area contributed by atoms with E-state index >= 15 is 0 Å². The first-order chi connectivity index (χ1) is 12.1. The van der Waals surface area contributed by atoms with Gasteiger partial charge in [0.1, 0.15) is 7.14 Å². The smallest absolute Gasteiger partial charge is 0.244 e. The van der Waals surface area contributed by atoms with Crippen LogP contribution in [0.3, 0.4) is 0 Å². The molecule has 0 radical (unpaired) electrons. The largest absolute Gasteiger partial charge is 0.320 e. The summed E-state index contributed by atoms with van der Waals surface area (Å²) >= 11 is 0. The van der Waals surface area contributed by atoms with Gasteiger partial charge in [-0.25, -0.2) is 8.78 Å². The Morgan fingerprint density at radius 2 is 1.73 bits per heavy atom. The predicted octanol–water partition coefficient (Wildman–Crippen LogP) is 3.33. The summed E-state index contributed by atoms with van der Waals surface area (Å²) < 4.78 is 42.2. The summed E-state index contributed by atoms with van der Waals surface area (Å²) in [6.45, 7) is 4.91. The summed E-state index contributed by atoms with van der Waals surface area (Å²) in [5.74, 6) is -2.59. The van der Waals surface area contributed by atoms with Crippen molar-refractivity contribution >= 4 is 24.0 Å². The van der Waals surface area contributed by atoms with Gasteiger partial charge in [0.05, 0.1) is 11.7 Å². The minimum absolute atomic E-state index is 0.0226. The van der Waals surface area contributed by atoms with Crippen molar-refractivity contribution < 1.29 is 18.1 Å². The molecule has 0 aromatic heterocycles. The molecule has 2 aromatic rings. The number of hydrogen-bond acceptors (Lipinski definition) is 3. The minimum Gasteiger partial charge on any atom is -0.320 e. The van der Waals surface area contributed by atoms with E-state index in [-0.39, 0.29) is 17.3 Å². The molecule has 0 aliphatic carbocycles. The highest BCUT2D eigenvalue weighted by Crippen LogP contribution is 2.40. The number of nitrogens with two attached hydrogens (primary N) is 1. The molecule has 1 aliphatic heterocycles. The lowest BCUT2D eigenvalue weighted by atomic mass is 10.0. The number of carbonyl (C=O) groups is 1. The van der Waals surface area contributed by atoms with E-state index in [9.17, 15) is 18.1 Å². The molecule has 2 N–H and O–H groups in total. The molecule has 1 heterocycles. The molecule has 3 rings (SSSR count). The maximum atomic E-state index is 14.9. The number of carbonyl (C=O) groups excluding carboxylic acids is 1. The Labute approximate surface area is 151 Å². The van der Waals surface area contributed by atoms with Gasteiger partial charge in [-0.2, -0.15) is 0 Å². The maximum absolute atomic E-state index is 14.9. The van der Waals surface area contributed by atoms with Gasteiger partial charge >= 0.3 is 0 Å². The van der Waals surface area contributed by atoms with Crippen LogP contribution in [0, 0.1) is 11.6 Å². The third-order valence-corrected chi connectivity index (χ3v) is 6.24. The molecule has 1 aliphatic rings. The van der Waals surface area contributed by atoms with Gasteiger partial charge < -0.3 is 15.2 Å². The van der Waals surface area contributed by atoms with Crippen molar-refractivity contribution in [3.8, 4) is 11.1 Å². The molecular weight excluding hydrogens is 357 g/mol. The van der Waals surface area contributed by atoms with Crippen LogP contribution in [0.15, 0.2) is 36.4 Å². The minimum atomic E-state index is -2.69. The Bertz CT molecular complexity index is 926. The predicted molar refractivity (Wildman–Crippen MR) is 100 cm³/mol. The third kappa shape index (κ3) is 3.08. The van der Waals surface area contributed by atoms with Crippen molar-refractivity contribution in [2.24, 2.45) is 5.73 Å². The Kier molecular flexibility index (Phi) is 4.76. The van der Waals surface area contributed by atoms with Crippen LogP contribution in [0.2, 0.25) is 0 Å². The first-order valence-corrected chi connectivity index (χ1v) is 10.9. The van der Waals surface area contributed by atoms with Gasteiger partial charge in [-0.3, -0.25) is 4.79 Å². The summed E-state index contributed by atoms with van der Waals surface area (Å²) in [5, 5.41) is 0.485. The average Bonchev–Trinajstić information content (AvgIpc) is 2.82. The molecule has 2 atom stereocenters. The van der Waals surface area contributed by atoms with Crippen molar-refractivity contribution in [2.75, 3.05) is 18.2 Å². The average molecular weight is 378 g/mol. The van der Waals surface area contributed by atoms with E-state index in [2.05, 4.69) is 0 Å².